The first kappa shape index (κ1) is 17.3. The lowest BCUT2D eigenvalue weighted by Crippen LogP contribution is -2.39. The minimum atomic E-state index is -3.43. The Morgan fingerprint density at radius 1 is 1.08 bits per heavy atom. The summed E-state index contributed by atoms with van der Waals surface area (Å²) in [5.41, 5.74) is 2.04. The smallest absolute Gasteiger partial charge is 0.242 e. The summed E-state index contributed by atoms with van der Waals surface area (Å²) in [4.78, 5) is 0.352. The molecule has 0 radical (unpaired) electrons. The molecule has 1 saturated carbocycles. The maximum atomic E-state index is 12.5. The van der Waals surface area contributed by atoms with Crippen molar-refractivity contribution >= 4 is 15.7 Å². The number of fused-ring (bicyclic) bond motifs is 3. The summed E-state index contributed by atoms with van der Waals surface area (Å²) >= 11 is 0. The van der Waals surface area contributed by atoms with Crippen molar-refractivity contribution < 1.29 is 13.2 Å². The molecule has 0 amide bonds. The Kier molecular flexibility index (Phi) is 4.54. The van der Waals surface area contributed by atoms with Crippen LogP contribution in [0.3, 0.4) is 0 Å². The molecule has 1 saturated heterocycles. The van der Waals surface area contributed by atoms with Crippen LogP contribution in [0.5, 0.6) is 0 Å². The number of ether oxygens (including phenoxy) is 1. The molecule has 2 heterocycles. The molecule has 1 aliphatic carbocycles. The molecule has 2 aliphatic heterocycles. The fourth-order valence-corrected chi connectivity index (χ4v) is 5.60. The average molecular weight is 365 g/mol. The van der Waals surface area contributed by atoms with Gasteiger partial charge >= 0.3 is 0 Å². The second kappa shape index (κ2) is 6.56. The SMILES string of the molecule is CN(C)S(=O)(=O)c1ccc2c(c1)C1OC(C3CCCC3)CCC1CN2. The van der Waals surface area contributed by atoms with E-state index in [1.165, 1.54) is 30.0 Å². The minimum Gasteiger partial charge on any atom is -0.384 e. The highest BCUT2D eigenvalue weighted by atomic mass is 32.2. The molecule has 0 aromatic heterocycles. The van der Waals surface area contributed by atoms with E-state index in [0.29, 0.717) is 22.8 Å². The molecule has 3 unspecified atom stereocenters. The molecule has 138 valence electrons. The molecular weight excluding hydrogens is 336 g/mol. The van der Waals surface area contributed by atoms with E-state index >= 15 is 0 Å². The lowest BCUT2D eigenvalue weighted by molar-refractivity contribution is -0.107. The first-order valence-corrected chi connectivity index (χ1v) is 10.9. The zero-order valence-corrected chi connectivity index (χ0v) is 15.9. The van der Waals surface area contributed by atoms with Crippen molar-refractivity contribution in [1.29, 1.82) is 0 Å². The van der Waals surface area contributed by atoms with Gasteiger partial charge in [-0.25, -0.2) is 12.7 Å². The summed E-state index contributed by atoms with van der Waals surface area (Å²) in [7, 11) is -0.282. The largest absolute Gasteiger partial charge is 0.384 e. The molecule has 6 heteroatoms. The second-order valence-corrected chi connectivity index (χ2v) is 10.0. The van der Waals surface area contributed by atoms with Crippen molar-refractivity contribution in [2.24, 2.45) is 11.8 Å². The van der Waals surface area contributed by atoms with Gasteiger partial charge in [-0.2, -0.15) is 0 Å². The van der Waals surface area contributed by atoms with Gasteiger partial charge in [0.05, 0.1) is 17.1 Å². The lowest BCUT2D eigenvalue weighted by Gasteiger charge is -2.43. The Hall–Kier alpha value is -1.11. The van der Waals surface area contributed by atoms with Crippen LogP contribution in [-0.4, -0.2) is 39.5 Å². The Morgan fingerprint density at radius 2 is 1.84 bits per heavy atom. The van der Waals surface area contributed by atoms with E-state index in [1.54, 1.807) is 20.2 Å². The van der Waals surface area contributed by atoms with E-state index in [-0.39, 0.29) is 6.10 Å². The van der Waals surface area contributed by atoms with Gasteiger partial charge in [0.15, 0.2) is 0 Å². The minimum absolute atomic E-state index is 0.0212. The first-order valence-electron chi connectivity index (χ1n) is 9.42. The Balaban J connectivity index is 1.65. The van der Waals surface area contributed by atoms with E-state index < -0.39 is 10.0 Å². The van der Waals surface area contributed by atoms with E-state index in [0.717, 1.165) is 30.6 Å². The molecule has 4 rings (SSSR count). The molecule has 3 aliphatic rings. The molecule has 1 aromatic rings. The quantitative estimate of drug-likeness (QED) is 0.893. The number of sulfonamides is 1. The van der Waals surface area contributed by atoms with Crippen LogP contribution >= 0.6 is 0 Å². The predicted molar refractivity (Wildman–Crippen MR) is 98.1 cm³/mol. The summed E-state index contributed by atoms with van der Waals surface area (Å²) in [6.07, 6.45) is 7.85. The van der Waals surface area contributed by atoms with Crippen LogP contribution in [0.15, 0.2) is 23.1 Å². The molecule has 0 bridgehead atoms. The van der Waals surface area contributed by atoms with Crippen LogP contribution in [0.25, 0.3) is 0 Å². The van der Waals surface area contributed by atoms with E-state index in [1.807, 2.05) is 12.1 Å². The third-order valence-electron chi connectivity index (χ3n) is 6.16. The third-order valence-corrected chi connectivity index (χ3v) is 7.97. The highest BCUT2D eigenvalue weighted by Gasteiger charge is 2.40. The maximum absolute atomic E-state index is 12.5. The first-order chi connectivity index (χ1) is 12.0. The lowest BCUT2D eigenvalue weighted by atomic mass is 9.81. The van der Waals surface area contributed by atoms with E-state index in [9.17, 15) is 8.42 Å². The molecule has 5 nitrogen and oxygen atoms in total. The van der Waals surface area contributed by atoms with Gasteiger partial charge in [0.25, 0.3) is 0 Å². The standard InChI is InChI=1S/C19H28N2O3S/c1-21(2)25(22,23)15-8-9-17-16(11-15)19-14(12-20-17)7-10-18(24-19)13-5-3-4-6-13/h8-9,11,13-14,18-20H,3-7,10,12H2,1-2H3. The summed E-state index contributed by atoms with van der Waals surface area (Å²) < 4.78 is 32.9. The number of benzene rings is 1. The van der Waals surface area contributed by atoms with Crippen LogP contribution < -0.4 is 5.32 Å². The molecule has 2 fully saturated rings. The second-order valence-electron chi connectivity index (χ2n) is 7.89. The van der Waals surface area contributed by atoms with Crippen molar-refractivity contribution in [1.82, 2.24) is 4.31 Å². The van der Waals surface area contributed by atoms with Crippen LogP contribution in [0.1, 0.15) is 50.2 Å². The third kappa shape index (κ3) is 3.09. The van der Waals surface area contributed by atoms with Crippen LogP contribution in [0.4, 0.5) is 5.69 Å². The summed E-state index contributed by atoms with van der Waals surface area (Å²) in [5.74, 6) is 1.12. The Bertz CT molecular complexity index is 741. The molecule has 1 N–H and O–H groups in total. The number of nitrogens with one attached hydrogen (secondary N) is 1. The van der Waals surface area contributed by atoms with Crippen LogP contribution in [-0.2, 0) is 14.8 Å². The van der Waals surface area contributed by atoms with Crippen molar-refractivity contribution in [3.63, 3.8) is 0 Å². The topological polar surface area (TPSA) is 58.6 Å². The van der Waals surface area contributed by atoms with E-state index in [4.69, 9.17) is 4.74 Å². The monoisotopic (exact) mass is 364 g/mol. The highest BCUT2D eigenvalue weighted by Crippen LogP contribution is 2.46. The summed E-state index contributed by atoms with van der Waals surface area (Å²) in [5, 5.41) is 3.47. The van der Waals surface area contributed by atoms with Gasteiger partial charge in [0, 0.05) is 37.8 Å². The van der Waals surface area contributed by atoms with Gasteiger partial charge in [-0.05, 0) is 49.8 Å². The molecule has 25 heavy (non-hydrogen) atoms. The molecule has 1 aromatic carbocycles. The Labute approximate surface area is 150 Å². The number of anilines is 1. The number of nitrogens with zero attached hydrogens (tertiary/aromatic N) is 1. The number of hydrogen-bond acceptors (Lipinski definition) is 4. The van der Waals surface area contributed by atoms with Crippen molar-refractivity contribution in [3.8, 4) is 0 Å². The molecular formula is C19H28N2O3S. The van der Waals surface area contributed by atoms with Crippen LogP contribution in [0.2, 0.25) is 0 Å². The van der Waals surface area contributed by atoms with E-state index in [2.05, 4.69) is 5.32 Å². The molecule has 3 atom stereocenters. The predicted octanol–water partition coefficient (Wildman–Crippen LogP) is 3.39. The zero-order valence-electron chi connectivity index (χ0n) is 15.1. The normalized spacial score (nSPS) is 30.0. The number of rotatable bonds is 3. The summed E-state index contributed by atoms with van der Waals surface area (Å²) in [6.45, 7) is 0.912. The van der Waals surface area contributed by atoms with Crippen molar-refractivity contribution in [2.75, 3.05) is 26.0 Å². The average Bonchev–Trinajstić information content (AvgIpc) is 3.15. The van der Waals surface area contributed by atoms with Crippen molar-refractivity contribution in [2.45, 2.75) is 55.6 Å². The van der Waals surface area contributed by atoms with Gasteiger partial charge in [-0.15, -0.1) is 0 Å². The Morgan fingerprint density at radius 3 is 2.56 bits per heavy atom. The summed E-state index contributed by atoms with van der Waals surface area (Å²) in [6, 6.07) is 5.41. The van der Waals surface area contributed by atoms with Crippen molar-refractivity contribution in [3.05, 3.63) is 23.8 Å². The van der Waals surface area contributed by atoms with Gasteiger partial charge in [0.2, 0.25) is 10.0 Å². The van der Waals surface area contributed by atoms with Gasteiger partial charge in [-0.1, -0.05) is 12.8 Å². The van der Waals surface area contributed by atoms with Crippen LogP contribution in [0, 0.1) is 11.8 Å². The fourth-order valence-electron chi connectivity index (χ4n) is 4.66. The molecule has 0 spiro atoms. The number of hydrogen-bond donors (Lipinski definition) is 1. The maximum Gasteiger partial charge on any atom is 0.242 e. The van der Waals surface area contributed by atoms with Gasteiger partial charge in [0.1, 0.15) is 0 Å². The fraction of sp³-hybridized carbons (Fsp3) is 0.684. The van der Waals surface area contributed by atoms with Gasteiger partial charge < -0.3 is 10.1 Å². The zero-order chi connectivity index (χ0) is 17.6. The highest BCUT2D eigenvalue weighted by molar-refractivity contribution is 7.89. The van der Waals surface area contributed by atoms with Gasteiger partial charge in [-0.3, -0.25) is 0 Å².